The summed E-state index contributed by atoms with van der Waals surface area (Å²) in [6.07, 6.45) is 7.22. The highest BCUT2D eigenvalue weighted by atomic mass is 32.2. The molecular formula is C44H58F2N6O12S2. The first-order chi connectivity index (χ1) is 31.5. The minimum atomic E-state index is -4.12. The Bertz CT molecular complexity index is 2380. The summed E-state index contributed by atoms with van der Waals surface area (Å²) in [4.78, 5) is 63.3. The van der Waals surface area contributed by atoms with Crippen LogP contribution in [0.4, 0.5) is 18.4 Å². The summed E-state index contributed by atoms with van der Waals surface area (Å²) < 4.78 is 108. The van der Waals surface area contributed by atoms with Gasteiger partial charge in [-0.15, -0.1) is 0 Å². The van der Waals surface area contributed by atoms with Gasteiger partial charge in [-0.25, -0.2) is 40.3 Å². The normalized spacial score (nSPS) is 19.0. The zero-order valence-corrected chi connectivity index (χ0v) is 38.4. The fraction of sp³-hybridized carbons (Fsp3) is 0.614. The van der Waals surface area contributed by atoms with Gasteiger partial charge >= 0.3 is 18.0 Å². The number of hydrogen-bond donors (Lipinski definition) is 4. The topological polar surface area (TPSA) is 236 Å². The number of esters is 1. The number of unbranched alkanes of at least 4 members (excludes halogenated alkanes) is 4. The van der Waals surface area contributed by atoms with Crippen molar-refractivity contribution >= 4 is 49.9 Å². The van der Waals surface area contributed by atoms with Gasteiger partial charge in [0.2, 0.25) is 37.7 Å². The van der Waals surface area contributed by atoms with Crippen LogP contribution in [0.2, 0.25) is 0 Å². The number of ether oxygens (including phenoxy) is 3. The lowest BCUT2D eigenvalue weighted by atomic mass is 9.89. The second kappa shape index (κ2) is 21.4. The van der Waals surface area contributed by atoms with Gasteiger partial charge in [0.1, 0.15) is 13.1 Å². The van der Waals surface area contributed by atoms with Crippen LogP contribution in [0.3, 0.4) is 0 Å². The second-order valence-electron chi connectivity index (χ2n) is 18.0. The van der Waals surface area contributed by atoms with Crippen molar-refractivity contribution in [3.63, 3.8) is 0 Å². The Labute approximate surface area is 383 Å². The molecule has 2 aliphatic heterocycles. The van der Waals surface area contributed by atoms with Crippen LogP contribution in [0.5, 0.6) is 17.2 Å². The Morgan fingerprint density at radius 1 is 0.727 bits per heavy atom. The number of halogens is 2. The molecule has 0 aromatic heterocycles. The van der Waals surface area contributed by atoms with Crippen molar-refractivity contribution in [1.82, 2.24) is 29.9 Å². The van der Waals surface area contributed by atoms with Gasteiger partial charge in [-0.2, -0.15) is 4.39 Å². The molecule has 4 N–H and O–H groups in total. The third kappa shape index (κ3) is 13.8. The van der Waals surface area contributed by atoms with Crippen molar-refractivity contribution in [2.24, 2.45) is 11.8 Å². The molecule has 7 rings (SSSR count). The van der Waals surface area contributed by atoms with Crippen molar-refractivity contribution in [2.45, 2.75) is 108 Å². The van der Waals surface area contributed by atoms with Gasteiger partial charge in [-0.1, -0.05) is 31.7 Å². The summed E-state index contributed by atoms with van der Waals surface area (Å²) in [5.74, 6) is -4.56. The van der Waals surface area contributed by atoms with Gasteiger partial charge in [0, 0.05) is 13.1 Å². The monoisotopic (exact) mass is 964 g/mol. The van der Waals surface area contributed by atoms with E-state index in [0.717, 1.165) is 31.7 Å². The van der Waals surface area contributed by atoms with Gasteiger partial charge in [0.15, 0.2) is 23.1 Å². The number of imide groups is 2. The van der Waals surface area contributed by atoms with Crippen molar-refractivity contribution < 1.29 is 63.8 Å². The van der Waals surface area contributed by atoms with E-state index < -0.39 is 79.4 Å². The first-order valence-electron chi connectivity index (χ1n) is 22.8. The molecule has 3 saturated carbocycles. The van der Waals surface area contributed by atoms with E-state index in [1.165, 1.54) is 34.1 Å². The van der Waals surface area contributed by atoms with E-state index in [9.17, 15) is 45.2 Å². The number of hydrogen-bond acceptors (Lipinski definition) is 12. The van der Waals surface area contributed by atoms with Crippen LogP contribution >= 0.6 is 0 Å². The van der Waals surface area contributed by atoms with Crippen LogP contribution in [0.1, 0.15) is 113 Å². The molecule has 0 unspecified atom stereocenters. The molecule has 0 bridgehead atoms. The SMILES string of the molecule is O=C1CN(CCCCCS(=O)(=O)N[C@H](CC(=O)Oc2cc(C3(NS(=O)(=O)CCCCCN4CC(=O)NC4=O)CCCC3)cc(OCC3CC3)c2F)c2ccc(F)c(OCC3CC3)c2)C(=O)N1. The molecule has 0 spiro atoms. The highest BCUT2D eigenvalue weighted by Gasteiger charge is 2.41. The molecule has 66 heavy (non-hydrogen) atoms. The van der Waals surface area contributed by atoms with E-state index in [2.05, 4.69) is 20.1 Å². The quantitative estimate of drug-likeness (QED) is 0.0415. The molecule has 2 heterocycles. The predicted octanol–water partition coefficient (Wildman–Crippen LogP) is 4.63. The number of urea groups is 2. The van der Waals surface area contributed by atoms with Gasteiger partial charge in [-0.3, -0.25) is 25.0 Å². The molecule has 5 aliphatic rings. The van der Waals surface area contributed by atoms with Crippen LogP contribution < -0.4 is 34.3 Å². The van der Waals surface area contributed by atoms with Gasteiger partial charge < -0.3 is 24.0 Å². The second-order valence-corrected chi connectivity index (χ2v) is 21.7. The average Bonchev–Trinajstić information content (AvgIpc) is 4.16. The average molecular weight is 965 g/mol. The molecule has 2 aromatic carbocycles. The zero-order chi connectivity index (χ0) is 47.1. The Morgan fingerprint density at radius 3 is 1.82 bits per heavy atom. The van der Waals surface area contributed by atoms with E-state index in [1.54, 1.807) is 0 Å². The number of nitrogens with one attached hydrogen (secondary N) is 4. The van der Waals surface area contributed by atoms with Crippen LogP contribution in [0.15, 0.2) is 30.3 Å². The van der Waals surface area contributed by atoms with Gasteiger partial charge in [-0.05, 0) is 111 Å². The number of rotatable bonds is 27. The number of carbonyl (C=O) groups is 5. The van der Waals surface area contributed by atoms with Gasteiger partial charge in [0.25, 0.3) is 0 Å². The standard InChI is InChI=1S/C44H58F2N6O12S2/c45-33-14-13-31(21-35(33)62-27-29-9-10-29)34(49-65(58,59)19-7-1-5-17-51-25-38(53)47-42(51)56)24-40(55)64-37-23-32(22-36(41(37)46)63-28-30-11-12-30)44(15-3-4-16-44)50-66(60,61)20-8-2-6-18-52-26-39(54)48-43(52)57/h13-14,21-23,29-30,34,49-50H,1-12,15-20,24-28H2,(H,47,53,56)(H,48,54,57)/t34-/m1/s1. The van der Waals surface area contributed by atoms with E-state index in [4.69, 9.17) is 14.2 Å². The minimum absolute atomic E-state index is 0.0383. The van der Waals surface area contributed by atoms with Crippen molar-refractivity contribution in [2.75, 3.05) is 50.9 Å². The van der Waals surface area contributed by atoms with Gasteiger partial charge in [0.05, 0.1) is 42.7 Å². The number of carbonyl (C=O) groups excluding carboxylic acids is 5. The van der Waals surface area contributed by atoms with Crippen molar-refractivity contribution in [1.29, 1.82) is 0 Å². The van der Waals surface area contributed by atoms with Crippen LogP contribution in [-0.2, 0) is 40.0 Å². The maximum atomic E-state index is 16.4. The summed E-state index contributed by atoms with van der Waals surface area (Å²) in [7, 11) is -8.05. The Balaban J connectivity index is 1.06. The zero-order valence-electron chi connectivity index (χ0n) is 36.7. The summed E-state index contributed by atoms with van der Waals surface area (Å²) in [5.41, 5.74) is -0.680. The Hall–Kier alpha value is -4.93. The highest BCUT2D eigenvalue weighted by Crippen LogP contribution is 2.44. The number of sulfonamides is 2. The molecule has 6 amide bonds. The first kappa shape index (κ1) is 49.0. The summed E-state index contributed by atoms with van der Waals surface area (Å²) in [5, 5.41) is 4.40. The molecule has 18 nitrogen and oxygen atoms in total. The molecule has 0 radical (unpaired) electrons. The Kier molecular flexibility index (Phi) is 15.9. The lowest BCUT2D eigenvalue weighted by molar-refractivity contribution is -0.135. The summed E-state index contributed by atoms with van der Waals surface area (Å²) in [6, 6.07) is 4.15. The molecule has 22 heteroatoms. The number of benzene rings is 2. The van der Waals surface area contributed by atoms with Crippen molar-refractivity contribution in [3.8, 4) is 17.2 Å². The van der Waals surface area contributed by atoms with E-state index in [0.29, 0.717) is 63.5 Å². The summed E-state index contributed by atoms with van der Waals surface area (Å²) in [6.45, 7) is 0.894. The molecule has 2 aromatic rings. The van der Waals surface area contributed by atoms with Crippen LogP contribution in [0, 0.1) is 23.5 Å². The minimum Gasteiger partial charge on any atom is -0.490 e. The largest absolute Gasteiger partial charge is 0.490 e. The molecule has 3 aliphatic carbocycles. The lowest BCUT2D eigenvalue weighted by Crippen LogP contribution is -2.44. The number of amides is 6. The molecule has 1 atom stereocenters. The van der Waals surface area contributed by atoms with E-state index >= 15 is 4.39 Å². The van der Waals surface area contributed by atoms with Crippen LogP contribution in [0.25, 0.3) is 0 Å². The predicted molar refractivity (Wildman–Crippen MR) is 234 cm³/mol. The van der Waals surface area contributed by atoms with Crippen molar-refractivity contribution in [3.05, 3.63) is 53.1 Å². The molecule has 2 saturated heterocycles. The maximum Gasteiger partial charge on any atom is 0.324 e. The third-order valence-electron chi connectivity index (χ3n) is 12.4. The molecular weight excluding hydrogens is 907 g/mol. The smallest absolute Gasteiger partial charge is 0.324 e. The maximum absolute atomic E-state index is 16.4. The molecule has 362 valence electrons. The summed E-state index contributed by atoms with van der Waals surface area (Å²) >= 11 is 0. The third-order valence-corrected chi connectivity index (χ3v) is 15.4. The fourth-order valence-corrected chi connectivity index (χ4v) is 11.3. The fourth-order valence-electron chi connectivity index (χ4n) is 8.34. The lowest BCUT2D eigenvalue weighted by Gasteiger charge is -2.31. The van der Waals surface area contributed by atoms with E-state index in [1.807, 2.05) is 0 Å². The highest BCUT2D eigenvalue weighted by molar-refractivity contribution is 7.89. The van der Waals surface area contributed by atoms with Crippen LogP contribution in [-0.4, -0.2) is 107 Å². The first-order valence-corrected chi connectivity index (χ1v) is 26.1. The van der Waals surface area contributed by atoms with E-state index in [-0.39, 0.29) is 92.0 Å². The Morgan fingerprint density at radius 2 is 1.27 bits per heavy atom. The number of nitrogens with zero attached hydrogens (tertiary/aromatic N) is 2. The molecule has 5 fully saturated rings.